The van der Waals surface area contributed by atoms with Crippen LogP contribution in [0, 0.1) is 0 Å². The molecule has 1 unspecified atom stereocenters. The van der Waals surface area contributed by atoms with Gasteiger partial charge in [0, 0.05) is 7.05 Å². The van der Waals surface area contributed by atoms with Gasteiger partial charge in [0.1, 0.15) is 6.33 Å². The molecule has 0 aliphatic carbocycles. The molecular weight excluding hydrogens is 190 g/mol. The van der Waals surface area contributed by atoms with Gasteiger partial charge < -0.3 is 0 Å². The molecule has 0 radical (unpaired) electrons. The van der Waals surface area contributed by atoms with Crippen LogP contribution >= 0.6 is 0 Å². The number of aryl methyl sites for hydroxylation is 1. The van der Waals surface area contributed by atoms with Gasteiger partial charge in [0.25, 0.3) is 0 Å². The normalized spacial score (nSPS) is 12.7. The molecule has 0 N–H and O–H groups in total. The molecule has 0 spiro atoms. The Labute approximate surface area is 87.8 Å². The van der Waals surface area contributed by atoms with Gasteiger partial charge in [-0.25, -0.2) is 9.48 Å². The summed E-state index contributed by atoms with van der Waals surface area (Å²) in [4.78, 5) is 11.6. The topological polar surface area (TPSA) is 39.8 Å². The average Bonchev–Trinajstić information content (AvgIpc) is 2.60. The fraction of sp³-hybridized carbons (Fsp3) is 0.273. The average molecular weight is 203 g/mol. The first-order valence-corrected chi connectivity index (χ1v) is 4.85. The van der Waals surface area contributed by atoms with Crippen LogP contribution in [0.3, 0.4) is 0 Å². The third-order valence-electron chi connectivity index (χ3n) is 2.50. The van der Waals surface area contributed by atoms with Gasteiger partial charge in [-0.05, 0) is 12.5 Å². The molecule has 2 aromatic rings. The molecule has 0 aliphatic rings. The molecule has 0 fully saturated rings. The minimum atomic E-state index is -0.0913. The molecule has 0 bridgehead atoms. The van der Waals surface area contributed by atoms with E-state index >= 15 is 0 Å². The van der Waals surface area contributed by atoms with Gasteiger partial charge in [-0.1, -0.05) is 30.3 Å². The Bertz CT molecular complexity index is 498. The SMILES string of the molecule is CC(c1ccccc1)n1ncn(C)c1=O. The van der Waals surface area contributed by atoms with Crippen LogP contribution in [0.1, 0.15) is 18.5 Å². The van der Waals surface area contributed by atoms with Crippen molar-refractivity contribution in [2.75, 3.05) is 0 Å². The summed E-state index contributed by atoms with van der Waals surface area (Å²) in [6, 6.07) is 9.83. The van der Waals surface area contributed by atoms with Gasteiger partial charge in [0.05, 0.1) is 6.04 Å². The van der Waals surface area contributed by atoms with E-state index in [1.165, 1.54) is 15.6 Å². The van der Waals surface area contributed by atoms with Crippen molar-refractivity contribution >= 4 is 0 Å². The second-order valence-corrected chi connectivity index (χ2v) is 3.56. The molecular formula is C11H13N3O. The first kappa shape index (κ1) is 9.71. The largest absolute Gasteiger partial charge is 0.346 e. The summed E-state index contributed by atoms with van der Waals surface area (Å²) in [5.74, 6) is 0. The second kappa shape index (κ2) is 3.73. The van der Waals surface area contributed by atoms with E-state index in [1.54, 1.807) is 7.05 Å². The molecule has 0 saturated heterocycles. The van der Waals surface area contributed by atoms with Crippen molar-refractivity contribution in [1.82, 2.24) is 14.3 Å². The highest BCUT2D eigenvalue weighted by atomic mass is 16.2. The molecule has 4 nitrogen and oxygen atoms in total. The summed E-state index contributed by atoms with van der Waals surface area (Å²) in [6.07, 6.45) is 1.53. The predicted octanol–water partition coefficient (Wildman–Crippen LogP) is 1.19. The summed E-state index contributed by atoms with van der Waals surface area (Å²) < 4.78 is 2.95. The smallest absolute Gasteiger partial charge is 0.285 e. The summed E-state index contributed by atoms with van der Waals surface area (Å²) in [5.41, 5.74) is 0.990. The maximum absolute atomic E-state index is 11.6. The second-order valence-electron chi connectivity index (χ2n) is 3.56. The van der Waals surface area contributed by atoms with E-state index in [0.29, 0.717) is 0 Å². The summed E-state index contributed by atoms with van der Waals surface area (Å²) in [5, 5.41) is 4.06. The van der Waals surface area contributed by atoms with Gasteiger partial charge in [0.2, 0.25) is 0 Å². The maximum atomic E-state index is 11.6. The highest BCUT2D eigenvalue weighted by molar-refractivity contribution is 5.18. The molecule has 78 valence electrons. The van der Waals surface area contributed by atoms with E-state index < -0.39 is 0 Å². The highest BCUT2D eigenvalue weighted by Gasteiger charge is 2.11. The van der Waals surface area contributed by atoms with Gasteiger partial charge in [-0.3, -0.25) is 4.57 Å². The number of nitrogens with zero attached hydrogens (tertiary/aromatic N) is 3. The third-order valence-corrected chi connectivity index (χ3v) is 2.50. The Morgan fingerprint density at radius 2 is 1.93 bits per heavy atom. The van der Waals surface area contributed by atoms with Gasteiger partial charge in [-0.15, -0.1) is 0 Å². The number of aromatic nitrogens is 3. The van der Waals surface area contributed by atoms with E-state index in [0.717, 1.165) is 5.56 Å². The molecule has 4 heteroatoms. The number of benzene rings is 1. The molecule has 1 aromatic heterocycles. The van der Waals surface area contributed by atoms with Crippen molar-refractivity contribution in [1.29, 1.82) is 0 Å². The van der Waals surface area contributed by atoms with Gasteiger partial charge >= 0.3 is 5.69 Å². The van der Waals surface area contributed by atoms with Crippen molar-refractivity contribution in [2.24, 2.45) is 7.05 Å². The van der Waals surface area contributed by atoms with Crippen molar-refractivity contribution in [3.05, 3.63) is 52.7 Å². The lowest BCUT2D eigenvalue weighted by Gasteiger charge is -2.10. The lowest BCUT2D eigenvalue weighted by molar-refractivity contribution is 0.538. The zero-order valence-electron chi connectivity index (χ0n) is 8.79. The van der Waals surface area contributed by atoms with Crippen LogP contribution in [0.5, 0.6) is 0 Å². The molecule has 1 aromatic carbocycles. The van der Waals surface area contributed by atoms with Crippen LogP contribution in [0.2, 0.25) is 0 Å². The summed E-state index contributed by atoms with van der Waals surface area (Å²) >= 11 is 0. The van der Waals surface area contributed by atoms with Crippen LogP contribution < -0.4 is 5.69 Å². The van der Waals surface area contributed by atoms with E-state index in [9.17, 15) is 4.79 Å². The van der Waals surface area contributed by atoms with E-state index in [2.05, 4.69) is 5.10 Å². The highest BCUT2D eigenvalue weighted by Crippen LogP contribution is 2.13. The number of hydrogen-bond acceptors (Lipinski definition) is 2. The van der Waals surface area contributed by atoms with Crippen molar-refractivity contribution in [3.63, 3.8) is 0 Å². The van der Waals surface area contributed by atoms with Gasteiger partial charge in [-0.2, -0.15) is 5.10 Å². The maximum Gasteiger partial charge on any atom is 0.346 e. The van der Waals surface area contributed by atoms with Crippen molar-refractivity contribution in [3.8, 4) is 0 Å². The zero-order valence-corrected chi connectivity index (χ0v) is 8.79. The minimum Gasteiger partial charge on any atom is -0.285 e. The molecule has 15 heavy (non-hydrogen) atoms. The van der Waals surface area contributed by atoms with E-state index in [4.69, 9.17) is 0 Å². The Hall–Kier alpha value is -1.84. The molecule has 0 saturated carbocycles. The summed E-state index contributed by atoms with van der Waals surface area (Å²) in [7, 11) is 1.70. The fourth-order valence-corrected chi connectivity index (χ4v) is 1.53. The van der Waals surface area contributed by atoms with Crippen LogP contribution in [0.25, 0.3) is 0 Å². The summed E-state index contributed by atoms with van der Waals surface area (Å²) in [6.45, 7) is 1.96. The molecule has 1 atom stereocenters. The first-order valence-electron chi connectivity index (χ1n) is 4.85. The van der Waals surface area contributed by atoms with Crippen LogP contribution in [-0.2, 0) is 7.05 Å². The Balaban J connectivity index is 2.41. The number of rotatable bonds is 2. The monoisotopic (exact) mass is 203 g/mol. The standard InChI is InChI=1S/C11H13N3O/c1-9(10-6-4-3-5-7-10)14-11(15)13(2)8-12-14/h3-9H,1-2H3. The predicted molar refractivity (Wildman–Crippen MR) is 57.7 cm³/mol. The zero-order chi connectivity index (χ0) is 10.8. The molecule has 2 rings (SSSR count). The van der Waals surface area contributed by atoms with Crippen LogP contribution in [0.4, 0.5) is 0 Å². The van der Waals surface area contributed by atoms with Crippen LogP contribution in [-0.4, -0.2) is 14.3 Å². The van der Waals surface area contributed by atoms with Crippen molar-refractivity contribution < 1.29 is 0 Å². The minimum absolute atomic E-state index is 0.0279. The van der Waals surface area contributed by atoms with E-state index in [-0.39, 0.29) is 11.7 Å². The van der Waals surface area contributed by atoms with Crippen molar-refractivity contribution in [2.45, 2.75) is 13.0 Å². The quantitative estimate of drug-likeness (QED) is 0.735. The van der Waals surface area contributed by atoms with E-state index in [1.807, 2.05) is 37.3 Å². The Morgan fingerprint density at radius 1 is 1.27 bits per heavy atom. The molecule has 0 aliphatic heterocycles. The molecule has 0 amide bonds. The Morgan fingerprint density at radius 3 is 2.47 bits per heavy atom. The number of hydrogen-bond donors (Lipinski definition) is 0. The molecule has 1 heterocycles. The lowest BCUT2D eigenvalue weighted by Crippen LogP contribution is -2.26. The van der Waals surface area contributed by atoms with Gasteiger partial charge in [0.15, 0.2) is 0 Å². The fourth-order valence-electron chi connectivity index (χ4n) is 1.53. The Kier molecular flexibility index (Phi) is 2.41. The third kappa shape index (κ3) is 1.70. The lowest BCUT2D eigenvalue weighted by atomic mass is 10.1. The first-order chi connectivity index (χ1) is 7.20. The van der Waals surface area contributed by atoms with Crippen LogP contribution in [0.15, 0.2) is 41.5 Å².